The van der Waals surface area contributed by atoms with Gasteiger partial charge in [0, 0.05) is 29.7 Å². The number of nitrogens with two attached hydrogens (primary N) is 1. The van der Waals surface area contributed by atoms with Crippen molar-refractivity contribution in [3.63, 3.8) is 0 Å². The molecule has 2 nitrogen and oxygen atoms in total. The maximum Gasteiger partial charge on any atom is 0.0483 e. The van der Waals surface area contributed by atoms with Gasteiger partial charge < -0.3 is 10.3 Å². The first-order valence-electron chi connectivity index (χ1n) is 8.01. The summed E-state index contributed by atoms with van der Waals surface area (Å²) in [4.78, 5) is 0. The summed E-state index contributed by atoms with van der Waals surface area (Å²) in [6.07, 6.45) is 6.74. The fourth-order valence-electron chi connectivity index (χ4n) is 2.88. The molecule has 110 valence electrons. The minimum Gasteiger partial charge on any atom is -0.347 e. The van der Waals surface area contributed by atoms with E-state index < -0.39 is 0 Å². The molecular formula is C18H28N2. The van der Waals surface area contributed by atoms with Gasteiger partial charge >= 0.3 is 0 Å². The average molecular weight is 272 g/mol. The van der Waals surface area contributed by atoms with Gasteiger partial charge in [-0.05, 0) is 36.5 Å². The lowest BCUT2D eigenvalue weighted by Crippen LogP contribution is -2.21. The summed E-state index contributed by atoms with van der Waals surface area (Å²) >= 11 is 0. The monoisotopic (exact) mass is 272 g/mol. The van der Waals surface area contributed by atoms with Crippen LogP contribution in [0.3, 0.4) is 0 Å². The Labute approximate surface area is 123 Å². The molecule has 20 heavy (non-hydrogen) atoms. The minimum atomic E-state index is 0.267. The predicted molar refractivity (Wildman–Crippen MR) is 88.0 cm³/mol. The van der Waals surface area contributed by atoms with E-state index in [4.69, 9.17) is 5.73 Å². The van der Waals surface area contributed by atoms with E-state index in [1.54, 1.807) is 0 Å². The Morgan fingerprint density at radius 2 is 1.80 bits per heavy atom. The summed E-state index contributed by atoms with van der Waals surface area (Å²) in [5.41, 5.74) is 8.87. The van der Waals surface area contributed by atoms with Gasteiger partial charge in [-0.25, -0.2) is 0 Å². The van der Waals surface area contributed by atoms with Crippen LogP contribution in [-0.4, -0.2) is 10.6 Å². The van der Waals surface area contributed by atoms with Crippen molar-refractivity contribution in [3.05, 3.63) is 36.0 Å². The normalized spacial score (nSPS) is 13.2. The molecule has 0 aliphatic rings. The lowest BCUT2D eigenvalue weighted by molar-refractivity contribution is 0.425. The highest BCUT2D eigenvalue weighted by molar-refractivity contribution is 5.83. The van der Waals surface area contributed by atoms with E-state index in [0.29, 0.717) is 0 Å². The second-order valence-electron chi connectivity index (χ2n) is 5.87. The number of rotatable bonds is 7. The Morgan fingerprint density at radius 3 is 2.45 bits per heavy atom. The molecule has 1 aromatic heterocycles. The van der Waals surface area contributed by atoms with E-state index in [1.807, 2.05) is 0 Å². The van der Waals surface area contributed by atoms with Crippen molar-refractivity contribution in [2.45, 2.75) is 59.0 Å². The molecule has 2 aromatic rings. The smallest absolute Gasteiger partial charge is 0.0483 e. The van der Waals surface area contributed by atoms with Crippen LogP contribution in [-0.2, 0) is 13.0 Å². The third-order valence-electron chi connectivity index (χ3n) is 4.52. The Hall–Kier alpha value is -1.28. The first kappa shape index (κ1) is 15.1. The SMILES string of the molecule is CCC(N)Cc1cccc2c1ccn2CC(CC)CC. The summed E-state index contributed by atoms with van der Waals surface area (Å²) < 4.78 is 2.41. The van der Waals surface area contributed by atoms with Gasteiger partial charge in [-0.15, -0.1) is 0 Å². The molecule has 1 heterocycles. The Balaban J connectivity index is 2.29. The Morgan fingerprint density at radius 1 is 1.05 bits per heavy atom. The zero-order valence-corrected chi connectivity index (χ0v) is 13.1. The highest BCUT2D eigenvalue weighted by Crippen LogP contribution is 2.23. The zero-order chi connectivity index (χ0) is 14.5. The maximum absolute atomic E-state index is 6.12. The molecule has 1 aromatic carbocycles. The quantitative estimate of drug-likeness (QED) is 0.798. The summed E-state index contributed by atoms with van der Waals surface area (Å²) in [6, 6.07) is 9.15. The molecule has 0 aliphatic heterocycles. The number of hydrogen-bond acceptors (Lipinski definition) is 1. The third kappa shape index (κ3) is 3.24. The standard InChI is InChI=1S/C18H28N2/c1-4-14(5-2)13-20-11-10-17-15(12-16(19)6-3)8-7-9-18(17)20/h7-11,14,16H,4-6,12-13,19H2,1-3H3. The predicted octanol–water partition coefficient (Wildman–Crippen LogP) is 4.36. The van der Waals surface area contributed by atoms with Crippen molar-refractivity contribution in [3.8, 4) is 0 Å². The van der Waals surface area contributed by atoms with Crippen molar-refractivity contribution in [1.82, 2.24) is 4.57 Å². The molecule has 0 bridgehead atoms. The van der Waals surface area contributed by atoms with Crippen molar-refractivity contribution in [1.29, 1.82) is 0 Å². The van der Waals surface area contributed by atoms with Gasteiger partial charge in [0.1, 0.15) is 0 Å². The molecule has 0 fully saturated rings. The number of fused-ring (bicyclic) bond motifs is 1. The minimum absolute atomic E-state index is 0.267. The molecule has 0 saturated carbocycles. The molecule has 1 atom stereocenters. The van der Waals surface area contributed by atoms with Crippen molar-refractivity contribution in [2.75, 3.05) is 0 Å². The first-order valence-corrected chi connectivity index (χ1v) is 8.01. The fourth-order valence-corrected chi connectivity index (χ4v) is 2.88. The van der Waals surface area contributed by atoms with E-state index in [-0.39, 0.29) is 6.04 Å². The van der Waals surface area contributed by atoms with Crippen LogP contribution in [0.5, 0.6) is 0 Å². The fraction of sp³-hybridized carbons (Fsp3) is 0.556. The van der Waals surface area contributed by atoms with E-state index in [0.717, 1.165) is 25.3 Å². The van der Waals surface area contributed by atoms with Gasteiger partial charge in [-0.2, -0.15) is 0 Å². The summed E-state index contributed by atoms with van der Waals surface area (Å²) in [5, 5.41) is 1.38. The average Bonchev–Trinajstić information content (AvgIpc) is 2.88. The lowest BCUT2D eigenvalue weighted by atomic mass is 10.0. The van der Waals surface area contributed by atoms with Crippen LogP contribution in [0.25, 0.3) is 10.9 Å². The number of hydrogen-bond donors (Lipinski definition) is 1. The molecule has 1 unspecified atom stereocenters. The molecule has 2 heteroatoms. The van der Waals surface area contributed by atoms with Crippen LogP contribution in [0, 0.1) is 5.92 Å². The van der Waals surface area contributed by atoms with Gasteiger partial charge in [-0.3, -0.25) is 0 Å². The van der Waals surface area contributed by atoms with Gasteiger partial charge in [0.15, 0.2) is 0 Å². The molecule has 0 amide bonds. The number of nitrogens with zero attached hydrogens (tertiary/aromatic N) is 1. The largest absolute Gasteiger partial charge is 0.347 e. The van der Waals surface area contributed by atoms with Crippen molar-refractivity contribution >= 4 is 10.9 Å². The van der Waals surface area contributed by atoms with E-state index in [9.17, 15) is 0 Å². The second kappa shape index (κ2) is 6.94. The Kier molecular flexibility index (Phi) is 5.24. The van der Waals surface area contributed by atoms with Crippen LogP contribution in [0.4, 0.5) is 0 Å². The maximum atomic E-state index is 6.12. The molecular weight excluding hydrogens is 244 g/mol. The first-order chi connectivity index (χ1) is 9.69. The van der Waals surface area contributed by atoms with Crippen LogP contribution in [0.1, 0.15) is 45.6 Å². The van der Waals surface area contributed by atoms with E-state index >= 15 is 0 Å². The summed E-state index contributed by atoms with van der Waals surface area (Å²) in [6.45, 7) is 7.85. The Bertz CT molecular complexity index is 537. The van der Waals surface area contributed by atoms with Gasteiger partial charge in [0.2, 0.25) is 0 Å². The summed E-state index contributed by atoms with van der Waals surface area (Å²) in [5.74, 6) is 0.771. The van der Waals surface area contributed by atoms with Crippen LogP contribution >= 0.6 is 0 Å². The van der Waals surface area contributed by atoms with Gasteiger partial charge in [-0.1, -0.05) is 45.7 Å². The number of benzene rings is 1. The van der Waals surface area contributed by atoms with E-state index in [1.165, 1.54) is 29.3 Å². The number of aromatic nitrogens is 1. The molecule has 0 spiro atoms. The zero-order valence-electron chi connectivity index (χ0n) is 13.1. The van der Waals surface area contributed by atoms with Gasteiger partial charge in [0.05, 0.1) is 0 Å². The van der Waals surface area contributed by atoms with Gasteiger partial charge in [0.25, 0.3) is 0 Å². The topological polar surface area (TPSA) is 30.9 Å². The van der Waals surface area contributed by atoms with E-state index in [2.05, 4.69) is 55.8 Å². The van der Waals surface area contributed by atoms with Crippen LogP contribution < -0.4 is 5.73 Å². The molecule has 0 saturated heterocycles. The second-order valence-corrected chi connectivity index (χ2v) is 5.87. The molecule has 0 aliphatic carbocycles. The van der Waals surface area contributed by atoms with Crippen molar-refractivity contribution in [2.24, 2.45) is 11.7 Å². The summed E-state index contributed by atoms with van der Waals surface area (Å²) in [7, 11) is 0. The molecule has 2 rings (SSSR count). The van der Waals surface area contributed by atoms with Crippen LogP contribution in [0.15, 0.2) is 30.5 Å². The van der Waals surface area contributed by atoms with Crippen LogP contribution in [0.2, 0.25) is 0 Å². The van der Waals surface area contributed by atoms with Crippen molar-refractivity contribution < 1.29 is 0 Å². The molecule has 2 N–H and O–H groups in total. The highest BCUT2D eigenvalue weighted by atomic mass is 15.0. The lowest BCUT2D eigenvalue weighted by Gasteiger charge is -2.15. The highest BCUT2D eigenvalue weighted by Gasteiger charge is 2.10. The third-order valence-corrected chi connectivity index (χ3v) is 4.52. The molecule has 0 radical (unpaired) electrons.